The van der Waals surface area contributed by atoms with Crippen molar-refractivity contribution in [1.82, 2.24) is 5.16 Å². The van der Waals surface area contributed by atoms with Crippen molar-refractivity contribution in [2.45, 2.75) is 33.0 Å². The van der Waals surface area contributed by atoms with E-state index in [2.05, 4.69) is 10.5 Å². The molecule has 38 heavy (non-hydrogen) atoms. The molecule has 0 bridgehead atoms. The predicted molar refractivity (Wildman–Crippen MR) is 139 cm³/mol. The Morgan fingerprint density at radius 3 is 2.53 bits per heavy atom. The van der Waals surface area contributed by atoms with Crippen LogP contribution in [0.3, 0.4) is 0 Å². The number of carbonyl (C=O) groups is 2. The second-order valence-electron chi connectivity index (χ2n) is 8.90. The number of benzene rings is 3. The Morgan fingerprint density at radius 2 is 1.79 bits per heavy atom. The van der Waals surface area contributed by atoms with E-state index in [0.717, 1.165) is 22.3 Å². The molecule has 0 saturated carbocycles. The molecule has 1 aliphatic heterocycles. The SMILES string of the molecule is Cc1noc(-c2ccc(-c3ccc(CC(=O)O)cc3)c3c2OCOC3)c1NC(=O)OC(C)c1ccccc1. The zero-order valence-corrected chi connectivity index (χ0v) is 20.9. The van der Waals surface area contributed by atoms with Crippen molar-refractivity contribution in [3.05, 3.63) is 89.1 Å². The van der Waals surface area contributed by atoms with Gasteiger partial charge < -0.3 is 23.8 Å². The topological polar surface area (TPSA) is 120 Å². The lowest BCUT2D eigenvalue weighted by atomic mass is 9.94. The molecule has 0 saturated heterocycles. The monoisotopic (exact) mass is 514 g/mol. The molecule has 1 atom stereocenters. The van der Waals surface area contributed by atoms with Crippen LogP contribution in [-0.2, 0) is 27.3 Å². The summed E-state index contributed by atoms with van der Waals surface area (Å²) in [5.74, 6) is 0.0216. The minimum Gasteiger partial charge on any atom is -0.481 e. The first-order valence-electron chi connectivity index (χ1n) is 12.1. The number of nitrogens with one attached hydrogen (secondary N) is 1. The van der Waals surface area contributed by atoms with E-state index in [0.29, 0.717) is 40.6 Å². The first kappa shape index (κ1) is 25.0. The lowest BCUT2D eigenvalue weighted by Crippen LogP contribution is -2.17. The molecule has 4 aromatic rings. The molecule has 5 rings (SSSR count). The van der Waals surface area contributed by atoms with Crippen molar-refractivity contribution < 1.29 is 33.4 Å². The van der Waals surface area contributed by atoms with Gasteiger partial charge >= 0.3 is 12.1 Å². The molecule has 0 fully saturated rings. The number of rotatable bonds is 7. The average molecular weight is 515 g/mol. The van der Waals surface area contributed by atoms with E-state index >= 15 is 0 Å². The molecule has 3 aromatic carbocycles. The van der Waals surface area contributed by atoms with Gasteiger partial charge in [-0.3, -0.25) is 10.1 Å². The number of aliphatic carboxylic acids is 1. The zero-order valence-electron chi connectivity index (χ0n) is 20.9. The number of anilines is 1. The molecule has 194 valence electrons. The molecule has 1 aromatic heterocycles. The highest BCUT2D eigenvalue weighted by Crippen LogP contribution is 2.44. The molecule has 1 amide bonds. The first-order valence-corrected chi connectivity index (χ1v) is 12.1. The van der Waals surface area contributed by atoms with Gasteiger partial charge in [-0.25, -0.2) is 4.79 Å². The number of carboxylic acids is 1. The van der Waals surface area contributed by atoms with Gasteiger partial charge in [0.05, 0.1) is 18.6 Å². The van der Waals surface area contributed by atoms with Gasteiger partial charge in [-0.15, -0.1) is 0 Å². The van der Waals surface area contributed by atoms with Crippen LogP contribution in [0.5, 0.6) is 5.75 Å². The maximum absolute atomic E-state index is 12.8. The molecule has 1 aliphatic rings. The number of carbonyl (C=O) groups excluding carboxylic acids is 1. The fourth-order valence-corrected chi connectivity index (χ4v) is 4.39. The molecule has 2 N–H and O–H groups in total. The van der Waals surface area contributed by atoms with Crippen LogP contribution in [0.2, 0.25) is 0 Å². The Bertz CT molecular complexity index is 1460. The summed E-state index contributed by atoms with van der Waals surface area (Å²) >= 11 is 0. The number of ether oxygens (including phenoxy) is 3. The third kappa shape index (κ3) is 5.23. The fourth-order valence-electron chi connectivity index (χ4n) is 4.39. The maximum Gasteiger partial charge on any atom is 0.412 e. The summed E-state index contributed by atoms with van der Waals surface area (Å²) in [5, 5.41) is 15.9. The van der Waals surface area contributed by atoms with E-state index in [4.69, 9.17) is 23.8 Å². The molecule has 9 heteroatoms. The van der Waals surface area contributed by atoms with Crippen LogP contribution in [0.4, 0.5) is 10.5 Å². The number of fused-ring (bicyclic) bond motifs is 1. The van der Waals surface area contributed by atoms with Crippen LogP contribution < -0.4 is 10.1 Å². The highest BCUT2D eigenvalue weighted by atomic mass is 16.7. The summed E-state index contributed by atoms with van der Waals surface area (Å²) in [6.07, 6.45) is -1.13. The second kappa shape index (κ2) is 10.8. The summed E-state index contributed by atoms with van der Waals surface area (Å²) in [4.78, 5) is 23.8. The summed E-state index contributed by atoms with van der Waals surface area (Å²) in [6, 6.07) is 20.5. The van der Waals surface area contributed by atoms with Gasteiger partial charge in [-0.05, 0) is 42.2 Å². The zero-order chi connectivity index (χ0) is 26.6. The Morgan fingerprint density at radius 1 is 1.05 bits per heavy atom. The number of hydrogen-bond donors (Lipinski definition) is 2. The number of aryl methyl sites for hydroxylation is 1. The normalized spacial score (nSPS) is 13.2. The van der Waals surface area contributed by atoms with Crippen LogP contribution in [0.15, 0.2) is 71.3 Å². The lowest BCUT2D eigenvalue weighted by molar-refractivity contribution is -0.136. The van der Waals surface area contributed by atoms with E-state index in [1.165, 1.54) is 0 Å². The van der Waals surface area contributed by atoms with E-state index in [-0.39, 0.29) is 13.2 Å². The second-order valence-corrected chi connectivity index (χ2v) is 8.90. The lowest BCUT2D eigenvalue weighted by Gasteiger charge is -2.23. The fraction of sp³-hybridized carbons (Fsp3) is 0.207. The average Bonchev–Trinajstić information content (AvgIpc) is 3.28. The van der Waals surface area contributed by atoms with Crippen molar-refractivity contribution in [2.24, 2.45) is 0 Å². The molecule has 9 nitrogen and oxygen atoms in total. The standard InChI is InChI=1S/C29H26N2O7/c1-17-26(30-29(34)37-18(2)20-6-4-3-5-7-20)28(38-31-17)23-13-12-22(24-15-35-16-36-27(23)24)21-10-8-19(9-11-21)14-25(32)33/h3-13,18H,14-16H2,1-2H3,(H,30,34)(H,32,33). The Hall–Kier alpha value is -4.63. The van der Waals surface area contributed by atoms with Crippen LogP contribution in [0.1, 0.15) is 35.4 Å². The molecular formula is C29H26N2O7. The van der Waals surface area contributed by atoms with Gasteiger partial charge in [0.25, 0.3) is 0 Å². The number of amides is 1. The van der Waals surface area contributed by atoms with E-state index < -0.39 is 18.2 Å². The molecule has 0 spiro atoms. The van der Waals surface area contributed by atoms with Crippen LogP contribution >= 0.6 is 0 Å². The summed E-state index contributed by atoms with van der Waals surface area (Å²) < 4.78 is 22.7. The van der Waals surface area contributed by atoms with Gasteiger partial charge in [0.2, 0.25) is 0 Å². The third-order valence-electron chi connectivity index (χ3n) is 6.30. The van der Waals surface area contributed by atoms with E-state index in [1.807, 2.05) is 54.6 Å². The van der Waals surface area contributed by atoms with Crippen molar-refractivity contribution in [1.29, 1.82) is 0 Å². The minimum atomic E-state index is -0.883. The number of aromatic nitrogens is 1. The van der Waals surface area contributed by atoms with Crippen LogP contribution in [-0.4, -0.2) is 29.1 Å². The minimum absolute atomic E-state index is 0.0449. The summed E-state index contributed by atoms with van der Waals surface area (Å²) in [7, 11) is 0. The molecule has 1 unspecified atom stereocenters. The first-order chi connectivity index (χ1) is 18.4. The highest BCUT2D eigenvalue weighted by molar-refractivity contribution is 5.92. The maximum atomic E-state index is 12.8. The van der Waals surface area contributed by atoms with Crippen molar-refractivity contribution in [2.75, 3.05) is 12.1 Å². The highest BCUT2D eigenvalue weighted by Gasteiger charge is 2.27. The Kier molecular flexibility index (Phi) is 7.10. The van der Waals surface area contributed by atoms with Crippen molar-refractivity contribution >= 4 is 17.7 Å². The van der Waals surface area contributed by atoms with Crippen LogP contribution in [0.25, 0.3) is 22.5 Å². The summed E-state index contributed by atoms with van der Waals surface area (Å²) in [5.41, 5.74) is 5.65. The Labute approximate surface area is 218 Å². The Balaban J connectivity index is 1.44. The molecular weight excluding hydrogens is 488 g/mol. The van der Waals surface area contributed by atoms with Gasteiger partial charge in [-0.1, -0.05) is 65.8 Å². The molecule has 0 radical (unpaired) electrons. The third-order valence-corrected chi connectivity index (χ3v) is 6.30. The van der Waals surface area contributed by atoms with Gasteiger partial charge in [-0.2, -0.15) is 0 Å². The molecule has 0 aliphatic carbocycles. The van der Waals surface area contributed by atoms with Gasteiger partial charge in [0.15, 0.2) is 12.6 Å². The number of hydrogen-bond acceptors (Lipinski definition) is 7. The van der Waals surface area contributed by atoms with Crippen molar-refractivity contribution in [3.8, 4) is 28.2 Å². The van der Waals surface area contributed by atoms with E-state index in [9.17, 15) is 9.59 Å². The predicted octanol–water partition coefficient (Wildman–Crippen LogP) is 6.12. The van der Waals surface area contributed by atoms with Crippen LogP contribution in [0, 0.1) is 6.92 Å². The smallest absolute Gasteiger partial charge is 0.412 e. The quantitative estimate of drug-likeness (QED) is 0.303. The van der Waals surface area contributed by atoms with Crippen molar-refractivity contribution in [3.63, 3.8) is 0 Å². The number of nitrogens with zero attached hydrogens (tertiary/aromatic N) is 1. The number of carboxylic acid groups (broad SMARTS) is 1. The van der Waals surface area contributed by atoms with Gasteiger partial charge in [0.1, 0.15) is 23.2 Å². The van der Waals surface area contributed by atoms with E-state index in [1.54, 1.807) is 26.0 Å². The van der Waals surface area contributed by atoms with Gasteiger partial charge in [0, 0.05) is 5.56 Å². The summed E-state index contributed by atoms with van der Waals surface area (Å²) in [6.45, 7) is 3.90. The largest absolute Gasteiger partial charge is 0.481 e. The molecule has 2 heterocycles.